The van der Waals surface area contributed by atoms with Crippen molar-refractivity contribution in [2.24, 2.45) is 5.10 Å². The number of ether oxygens (including phenoxy) is 2. The number of nitrogens with one attached hydrogen (secondary N) is 1. The molecule has 0 saturated carbocycles. The third-order valence-corrected chi connectivity index (χ3v) is 4.72. The first-order valence-corrected chi connectivity index (χ1v) is 9.11. The summed E-state index contributed by atoms with van der Waals surface area (Å²) in [4.78, 5) is 25.9. The molecule has 1 atom stereocenters. The van der Waals surface area contributed by atoms with Crippen LogP contribution in [-0.2, 0) is 9.59 Å². The molecule has 0 aromatic heterocycles. The first-order chi connectivity index (χ1) is 14.0. The molecular formula is C21H23N3O5. The van der Waals surface area contributed by atoms with Gasteiger partial charge in [-0.3, -0.25) is 9.59 Å². The van der Waals surface area contributed by atoms with Gasteiger partial charge >= 0.3 is 0 Å². The molecule has 29 heavy (non-hydrogen) atoms. The highest BCUT2D eigenvalue weighted by Gasteiger charge is 2.31. The predicted molar refractivity (Wildman–Crippen MR) is 107 cm³/mol. The largest absolute Gasteiger partial charge is 0.502 e. The number of amides is 2. The lowest BCUT2D eigenvalue weighted by Gasteiger charge is -2.15. The second kappa shape index (κ2) is 9.09. The van der Waals surface area contributed by atoms with Crippen molar-refractivity contribution in [2.75, 3.05) is 27.3 Å². The Morgan fingerprint density at radius 2 is 1.90 bits per heavy atom. The van der Waals surface area contributed by atoms with E-state index in [1.807, 2.05) is 30.3 Å². The Morgan fingerprint density at radius 3 is 2.52 bits per heavy atom. The van der Waals surface area contributed by atoms with Crippen molar-refractivity contribution in [1.29, 1.82) is 0 Å². The summed E-state index contributed by atoms with van der Waals surface area (Å²) in [6, 6.07) is 12.9. The van der Waals surface area contributed by atoms with E-state index < -0.39 is 0 Å². The Morgan fingerprint density at radius 1 is 1.24 bits per heavy atom. The first kappa shape index (κ1) is 20.2. The lowest BCUT2D eigenvalue weighted by atomic mass is 9.99. The van der Waals surface area contributed by atoms with E-state index in [0.29, 0.717) is 18.5 Å². The quantitative estimate of drug-likeness (QED) is 0.549. The molecule has 2 aromatic rings. The Kier molecular flexibility index (Phi) is 6.33. The van der Waals surface area contributed by atoms with E-state index in [2.05, 4.69) is 10.5 Å². The van der Waals surface area contributed by atoms with Crippen LogP contribution in [-0.4, -0.2) is 55.3 Å². The van der Waals surface area contributed by atoms with Crippen molar-refractivity contribution >= 4 is 18.0 Å². The lowest BCUT2D eigenvalue weighted by molar-refractivity contribution is -0.133. The fourth-order valence-corrected chi connectivity index (χ4v) is 3.25. The molecule has 0 spiro atoms. The highest BCUT2D eigenvalue weighted by molar-refractivity contribution is 5.88. The SMILES string of the molecule is COc1cc(/C=N/NC(=O)CN2CC(c3ccccc3)CC2=O)cc(OC)c1O. The van der Waals surface area contributed by atoms with Crippen LogP contribution in [0.25, 0.3) is 0 Å². The van der Waals surface area contributed by atoms with Crippen molar-refractivity contribution in [2.45, 2.75) is 12.3 Å². The lowest BCUT2D eigenvalue weighted by Crippen LogP contribution is -2.36. The number of carbonyl (C=O) groups excluding carboxylic acids is 2. The molecule has 2 amide bonds. The first-order valence-electron chi connectivity index (χ1n) is 9.11. The second-order valence-electron chi connectivity index (χ2n) is 6.65. The highest BCUT2D eigenvalue weighted by Crippen LogP contribution is 2.36. The molecule has 8 heteroatoms. The van der Waals surface area contributed by atoms with E-state index in [4.69, 9.17) is 9.47 Å². The van der Waals surface area contributed by atoms with Gasteiger partial charge in [0.2, 0.25) is 11.7 Å². The van der Waals surface area contributed by atoms with Crippen molar-refractivity contribution in [3.8, 4) is 17.2 Å². The molecule has 1 unspecified atom stereocenters. The fourth-order valence-electron chi connectivity index (χ4n) is 3.25. The van der Waals surface area contributed by atoms with Gasteiger partial charge in [0, 0.05) is 24.4 Å². The van der Waals surface area contributed by atoms with Gasteiger partial charge in [-0.25, -0.2) is 5.43 Å². The van der Waals surface area contributed by atoms with E-state index in [1.165, 1.54) is 25.3 Å². The van der Waals surface area contributed by atoms with Crippen LogP contribution >= 0.6 is 0 Å². The molecule has 3 rings (SSSR count). The zero-order chi connectivity index (χ0) is 20.8. The average molecular weight is 397 g/mol. The number of benzene rings is 2. The van der Waals surface area contributed by atoms with Crippen molar-refractivity contribution < 1.29 is 24.2 Å². The van der Waals surface area contributed by atoms with E-state index in [9.17, 15) is 14.7 Å². The maximum atomic E-state index is 12.2. The second-order valence-corrected chi connectivity index (χ2v) is 6.65. The summed E-state index contributed by atoms with van der Waals surface area (Å²) in [6.45, 7) is 0.452. The van der Waals surface area contributed by atoms with Gasteiger partial charge in [-0.15, -0.1) is 0 Å². The van der Waals surface area contributed by atoms with Gasteiger partial charge < -0.3 is 19.5 Å². The van der Waals surface area contributed by atoms with Gasteiger partial charge in [0.15, 0.2) is 11.5 Å². The summed E-state index contributed by atoms with van der Waals surface area (Å²) >= 11 is 0. The Balaban J connectivity index is 1.57. The monoisotopic (exact) mass is 397 g/mol. The third-order valence-electron chi connectivity index (χ3n) is 4.72. The molecule has 1 aliphatic heterocycles. The molecule has 0 bridgehead atoms. The molecule has 2 aromatic carbocycles. The number of hydrogen-bond donors (Lipinski definition) is 2. The Labute approximate surface area is 168 Å². The third kappa shape index (κ3) is 4.84. The van der Waals surface area contributed by atoms with Gasteiger partial charge in [0.05, 0.1) is 20.4 Å². The number of nitrogens with zero attached hydrogens (tertiary/aromatic N) is 2. The number of likely N-dealkylation sites (tertiary alicyclic amines) is 1. The fraction of sp³-hybridized carbons (Fsp3) is 0.286. The maximum absolute atomic E-state index is 12.2. The Bertz CT molecular complexity index is 889. The van der Waals surface area contributed by atoms with Crippen LogP contribution < -0.4 is 14.9 Å². The maximum Gasteiger partial charge on any atom is 0.259 e. The summed E-state index contributed by atoms with van der Waals surface area (Å²) in [5.41, 5.74) is 4.08. The number of hydrogen-bond acceptors (Lipinski definition) is 6. The number of phenols is 1. The summed E-state index contributed by atoms with van der Waals surface area (Å²) < 4.78 is 10.2. The van der Waals surface area contributed by atoms with Crippen LogP contribution in [0.2, 0.25) is 0 Å². The van der Waals surface area contributed by atoms with E-state index in [0.717, 1.165) is 5.56 Å². The molecule has 1 heterocycles. The molecule has 1 saturated heterocycles. The van der Waals surface area contributed by atoms with Crippen LogP contribution in [0.1, 0.15) is 23.5 Å². The van der Waals surface area contributed by atoms with Gasteiger partial charge in [0.1, 0.15) is 6.54 Å². The highest BCUT2D eigenvalue weighted by atomic mass is 16.5. The van der Waals surface area contributed by atoms with Crippen LogP contribution in [0.3, 0.4) is 0 Å². The van der Waals surface area contributed by atoms with Gasteiger partial charge in [0.25, 0.3) is 5.91 Å². The standard InChI is InChI=1S/C21H23N3O5/c1-28-17-8-14(9-18(29-2)21(17)27)11-22-23-19(25)13-24-12-16(10-20(24)26)15-6-4-3-5-7-15/h3-9,11,16,27H,10,12-13H2,1-2H3,(H,23,25)/b22-11+. The number of rotatable bonds is 7. The minimum atomic E-state index is -0.388. The zero-order valence-electron chi connectivity index (χ0n) is 16.3. The summed E-state index contributed by atoms with van der Waals surface area (Å²) in [5, 5.41) is 13.8. The van der Waals surface area contributed by atoms with Gasteiger partial charge in [-0.1, -0.05) is 30.3 Å². The van der Waals surface area contributed by atoms with Gasteiger partial charge in [-0.2, -0.15) is 5.10 Å². The number of hydrazone groups is 1. The van der Waals surface area contributed by atoms with Crippen LogP contribution in [0.4, 0.5) is 0 Å². The van der Waals surface area contributed by atoms with Gasteiger partial charge in [-0.05, 0) is 17.7 Å². The molecule has 0 radical (unpaired) electrons. The molecule has 1 fully saturated rings. The predicted octanol–water partition coefficient (Wildman–Crippen LogP) is 1.88. The number of carbonyl (C=O) groups is 2. The summed E-state index contributed by atoms with van der Waals surface area (Å²) in [5.74, 6) is -0.000809. The minimum absolute atomic E-state index is 0.0500. The van der Waals surface area contributed by atoms with Crippen LogP contribution in [0, 0.1) is 0 Å². The molecule has 8 nitrogen and oxygen atoms in total. The zero-order valence-corrected chi connectivity index (χ0v) is 16.3. The summed E-state index contributed by atoms with van der Waals surface area (Å²) in [7, 11) is 2.85. The van der Waals surface area contributed by atoms with E-state index in [1.54, 1.807) is 12.1 Å². The molecule has 1 aliphatic rings. The normalized spacial score (nSPS) is 16.3. The summed E-state index contributed by atoms with van der Waals surface area (Å²) in [6.07, 6.45) is 1.80. The van der Waals surface area contributed by atoms with Crippen molar-refractivity contribution in [3.05, 3.63) is 53.6 Å². The Hall–Kier alpha value is -3.55. The smallest absolute Gasteiger partial charge is 0.259 e. The van der Waals surface area contributed by atoms with Crippen molar-refractivity contribution in [1.82, 2.24) is 10.3 Å². The number of methoxy groups -OCH3 is 2. The van der Waals surface area contributed by atoms with E-state index in [-0.39, 0.29) is 41.5 Å². The molecular weight excluding hydrogens is 374 g/mol. The average Bonchev–Trinajstić information content (AvgIpc) is 3.09. The molecule has 2 N–H and O–H groups in total. The minimum Gasteiger partial charge on any atom is -0.502 e. The van der Waals surface area contributed by atoms with Crippen molar-refractivity contribution in [3.63, 3.8) is 0 Å². The van der Waals surface area contributed by atoms with E-state index >= 15 is 0 Å². The van der Waals surface area contributed by atoms with Crippen LogP contribution in [0.5, 0.6) is 17.2 Å². The molecule has 0 aliphatic carbocycles. The number of phenolic OH excluding ortho intramolecular Hbond substituents is 1. The number of aromatic hydroxyl groups is 1. The topological polar surface area (TPSA) is 100 Å². The molecule has 152 valence electrons. The van der Waals surface area contributed by atoms with Crippen LogP contribution in [0.15, 0.2) is 47.6 Å².